The Balaban J connectivity index is 1.58. The summed E-state index contributed by atoms with van der Waals surface area (Å²) in [6.07, 6.45) is 7.74. The van der Waals surface area contributed by atoms with Crippen LogP contribution in [0.25, 0.3) is 0 Å². The maximum absolute atomic E-state index is 15.2. The van der Waals surface area contributed by atoms with Crippen molar-refractivity contribution in [1.82, 2.24) is 4.31 Å². The first kappa shape index (κ1) is 37.0. The van der Waals surface area contributed by atoms with E-state index in [-0.39, 0.29) is 33.0 Å². The van der Waals surface area contributed by atoms with E-state index >= 15 is 8.42 Å². The molecule has 7 nitrogen and oxygen atoms in total. The second kappa shape index (κ2) is 11.1. The maximum Gasteiger partial charge on any atom is 0.313 e. The van der Waals surface area contributed by atoms with E-state index in [1.807, 2.05) is 31.1 Å². The molecule has 9 atom stereocenters. The second-order valence-electron chi connectivity index (χ2n) is 19.7. The van der Waals surface area contributed by atoms with Crippen molar-refractivity contribution in [2.75, 3.05) is 7.11 Å². The van der Waals surface area contributed by atoms with Gasteiger partial charge in [0.2, 0.25) is 10.0 Å². The Labute approximate surface area is 296 Å². The number of rotatable bonds is 5. The molecule has 5 aliphatic rings. The molecule has 0 aliphatic heterocycles. The molecule has 1 aromatic carbocycles. The number of aliphatic carboxylic acids is 1. The summed E-state index contributed by atoms with van der Waals surface area (Å²) in [5.41, 5.74) is -3.24. The Hall–Kier alpha value is -1.74. The zero-order chi connectivity index (χ0) is 36.4. The van der Waals surface area contributed by atoms with Crippen molar-refractivity contribution in [2.24, 2.45) is 44.3 Å². The third-order valence-electron chi connectivity index (χ3n) is 15.8. The Morgan fingerprint density at radius 1 is 0.857 bits per heavy atom. The molecular formula is C41H63NO6S. The molecule has 8 heteroatoms. The van der Waals surface area contributed by atoms with Gasteiger partial charge in [-0.1, -0.05) is 78.3 Å². The molecule has 1 aromatic rings. The number of hydrogen-bond donors (Lipinski definition) is 2. The third kappa shape index (κ3) is 4.67. The van der Waals surface area contributed by atoms with Gasteiger partial charge in [0.25, 0.3) is 0 Å². The molecule has 0 heterocycles. The smallest absolute Gasteiger partial charge is 0.313 e. The van der Waals surface area contributed by atoms with E-state index in [4.69, 9.17) is 4.74 Å². The molecule has 0 aromatic heterocycles. The average molecular weight is 698 g/mol. The molecule has 2 N–H and O–H groups in total. The van der Waals surface area contributed by atoms with Crippen LogP contribution in [-0.4, -0.2) is 59.3 Å². The van der Waals surface area contributed by atoms with Crippen LogP contribution in [0.3, 0.4) is 0 Å². The van der Waals surface area contributed by atoms with Gasteiger partial charge in [-0.15, -0.1) is 0 Å². The quantitative estimate of drug-likeness (QED) is 0.299. The number of methoxy groups -OCH3 is 1. The summed E-state index contributed by atoms with van der Waals surface area (Å²) in [6.45, 7) is 21.9. The lowest BCUT2D eigenvalue weighted by molar-refractivity contribution is -0.294. The Bertz CT molecular complexity index is 1630. The molecule has 0 unspecified atom stereocenters. The molecule has 0 spiro atoms. The van der Waals surface area contributed by atoms with Crippen molar-refractivity contribution in [2.45, 2.75) is 155 Å². The first-order valence-electron chi connectivity index (χ1n) is 18.7. The lowest BCUT2D eigenvalue weighted by Crippen LogP contribution is -2.82. The summed E-state index contributed by atoms with van der Waals surface area (Å²) in [7, 11) is -2.36. The lowest BCUT2D eigenvalue weighted by Gasteiger charge is -2.78. The van der Waals surface area contributed by atoms with Gasteiger partial charge in [0.1, 0.15) is 0 Å². The molecule has 6 rings (SSSR count). The van der Waals surface area contributed by atoms with Crippen LogP contribution in [0, 0.1) is 44.3 Å². The Kier molecular flexibility index (Phi) is 8.41. The number of nitrogens with zero attached hydrogens (tertiary/aromatic N) is 1. The fraction of sp³-hybridized carbons (Fsp3) is 0.780. The largest absolute Gasteiger partial charge is 0.481 e. The van der Waals surface area contributed by atoms with E-state index in [1.165, 1.54) is 0 Å². The van der Waals surface area contributed by atoms with Gasteiger partial charge in [-0.25, -0.2) is 8.42 Å². The standard InChI is InChI=1S/C41H63NO6S/c1-34(2,3)42(49(46,47)27-15-13-12-14-16-27)41-24-21-38(9)31(39(41,10)26-30(48-11)32(43)36(41,6)7)18-17-28-29-25-35(4,5)19-22-40(29,33(44)45)23-20-37(28,38)8/h12-16,25,28,30-32,43H,17-24,26H2,1-11H3,(H,44,45)/t28-,30+,31+,32+,37-,38-,39-,40+,41+/m1/s1. The number of aliphatic hydroxyl groups excluding tert-OH is 1. The van der Waals surface area contributed by atoms with Crippen molar-refractivity contribution in [3.05, 3.63) is 42.0 Å². The van der Waals surface area contributed by atoms with Gasteiger partial charge in [0.15, 0.2) is 0 Å². The Morgan fingerprint density at radius 3 is 2.02 bits per heavy atom. The summed E-state index contributed by atoms with van der Waals surface area (Å²) >= 11 is 0. The lowest BCUT2D eigenvalue weighted by atomic mass is 9.30. The first-order valence-corrected chi connectivity index (χ1v) is 20.2. The first-order chi connectivity index (χ1) is 22.4. The molecule has 0 bridgehead atoms. The minimum atomic E-state index is -4.03. The number of benzene rings is 1. The van der Waals surface area contributed by atoms with Crippen LogP contribution in [0.1, 0.15) is 127 Å². The van der Waals surface area contributed by atoms with Crippen molar-refractivity contribution in [3.8, 4) is 0 Å². The van der Waals surface area contributed by atoms with Crippen LogP contribution in [0.5, 0.6) is 0 Å². The number of carboxylic acids is 1. The SMILES string of the molecule is CO[C@H]1C[C@]2(C)[C@H]3CC[C@@H]4C5=CC(C)(C)CC[C@]5(C(=O)O)CC[C@@]4(C)[C@]3(C)CC[C@]2(N(C(C)(C)C)S(=O)(=O)c2ccccc2)C(C)(C)[C@H]1O. The molecule has 274 valence electrons. The van der Waals surface area contributed by atoms with Crippen LogP contribution >= 0.6 is 0 Å². The highest BCUT2D eigenvalue weighted by atomic mass is 32.2. The van der Waals surface area contributed by atoms with Crippen LogP contribution in [0.15, 0.2) is 46.9 Å². The van der Waals surface area contributed by atoms with Gasteiger partial charge in [0, 0.05) is 18.1 Å². The molecule has 0 saturated heterocycles. The highest BCUT2D eigenvalue weighted by Gasteiger charge is 2.78. The topological polar surface area (TPSA) is 104 Å². The zero-order valence-electron chi connectivity index (χ0n) is 32.0. The van der Waals surface area contributed by atoms with Gasteiger partial charge < -0.3 is 14.9 Å². The second-order valence-corrected chi connectivity index (χ2v) is 21.5. The summed E-state index contributed by atoms with van der Waals surface area (Å²) in [5, 5.41) is 23.0. The van der Waals surface area contributed by atoms with Crippen LogP contribution < -0.4 is 0 Å². The van der Waals surface area contributed by atoms with Gasteiger partial charge in [0.05, 0.1) is 28.1 Å². The van der Waals surface area contributed by atoms with Gasteiger partial charge in [-0.05, 0) is 124 Å². The number of fused-ring (bicyclic) bond motifs is 7. The molecule has 4 fully saturated rings. The van der Waals surface area contributed by atoms with Crippen molar-refractivity contribution in [3.63, 3.8) is 0 Å². The van der Waals surface area contributed by atoms with E-state index in [1.54, 1.807) is 31.4 Å². The predicted molar refractivity (Wildman–Crippen MR) is 193 cm³/mol. The molecule has 0 radical (unpaired) electrons. The van der Waals surface area contributed by atoms with Crippen LogP contribution in [0.4, 0.5) is 0 Å². The number of carboxylic acid groups (broad SMARTS) is 1. The Morgan fingerprint density at radius 2 is 1.45 bits per heavy atom. The fourth-order valence-electron chi connectivity index (χ4n) is 13.3. The van der Waals surface area contributed by atoms with Gasteiger partial charge in [-0.2, -0.15) is 4.31 Å². The van der Waals surface area contributed by atoms with E-state index in [2.05, 4.69) is 54.5 Å². The number of aliphatic hydroxyl groups is 1. The van der Waals surface area contributed by atoms with E-state index in [0.29, 0.717) is 25.7 Å². The summed E-state index contributed by atoms with van der Waals surface area (Å²) in [5.74, 6) is -0.401. The highest BCUT2D eigenvalue weighted by molar-refractivity contribution is 7.89. The number of ether oxygens (including phenoxy) is 1. The number of allylic oxidation sites excluding steroid dienone is 1. The molecule has 0 amide bonds. The molecular weight excluding hydrogens is 635 g/mol. The van der Waals surface area contributed by atoms with Gasteiger partial charge >= 0.3 is 5.97 Å². The molecule has 5 aliphatic carbocycles. The summed E-state index contributed by atoms with van der Waals surface area (Å²) in [4.78, 5) is 13.4. The predicted octanol–water partition coefficient (Wildman–Crippen LogP) is 8.47. The molecule has 4 saturated carbocycles. The monoisotopic (exact) mass is 697 g/mol. The minimum absolute atomic E-state index is 0.0494. The number of sulfonamides is 1. The number of carbonyl (C=O) groups is 1. The molecule has 49 heavy (non-hydrogen) atoms. The van der Waals surface area contributed by atoms with Crippen molar-refractivity contribution >= 4 is 16.0 Å². The van der Waals surface area contributed by atoms with E-state index in [9.17, 15) is 15.0 Å². The summed E-state index contributed by atoms with van der Waals surface area (Å²) < 4.78 is 38.4. The van der Waals surface area contributed by atoms with Crippen molar-refractivity contribution in [1.29, 1.82) is 0 Å². The summed E-state index contributed by atoms with van der Waals surface area (Å²) in [6, 6.07) is 8.81. The number of hydrogen-bond acceptors (Lipinski definition) is 5. The maximum atomic E-state index is 15.2. The van der Waals surface area contributed by atoms with E-state index < -0.39 is 55.5 Å². The van der Waals surface area contributed by atoms with Gasteiger partial charge in [-0.3, -0.25) is 4.79 Å². The highest BCUT2D eigenvalue weighted by Crippen LogP contribution is 2.78. The average Bonchev–Trinajstić information content (AvgIpc) is 3.00. The van der Waals surface area contributed by atoms with Crippen LogP contribution in [0.2, 0.25) is 0 Å². The zero-order valence-corrected chi connectivity index (χ0v) is 32.8. The van der Waals surface area contributed by atoms with E-state index in [0.717, 1.165) is 37.7 Å². The van der Waals surface area contributed by atoms with Crippen LogP contribution in [-0.2, 0) is 19.6 Å². The van der Waals surface area contributed by atoms with Crippen molar-refractivity contribution < 1.29 is 28.2 Å². The third-order valence-corrected chi connectivity index (χ3v) is 18.0. The normalized spacial score (nSPS) is 43.0. The minimum Gasteiger partial charge on any atom is -0.481 e. The fourth-order valence-corrected chi connectivity index (χ4v) is 15.7.